The summed E-state index contributed by atoms with van der Waals surface area (Å²) in [6.45, 7) is 5.11. The van der Waals surface area contributed by atoms with E-state index >= 15 is 0 Å². The summed E-state index contributed by atoms with van der Waals surface area (Å²) in [6, 6.07) is 0. The van der Waals surface area contributed by atoms with Gasteiger partial charge in [0.2, 0.25) is 5.91 Å². The summed E-state index contributed by atoms with van der Waals surface area (Å²) in [5, 5.41) is 2.80. The van der Waals surface area contributed by atoms with Crippen LogP contribution in [0.3, 0.4) is 0 Å². The molecule has 0 bridgehead atoms. The second kappa shape index (κ2) is 15.3. The SMILES string of the molecule is CC[C@@H](CCCCNC(=O)COCCOC)C(=O)CCCC(C)=O. The second-order valence-corrected chi connectivity index (χ2v) is 6.02. The van der Waals surface area contributed by atoms with Gasteiger partial charge in [-0.1, -0.05) is 13.3 Å². The molecule has 0 aromatic rings. The first-order valence-corrected chi connectivity index (χ1v) is 8.86. The van der Waals surface area contributed by atoms with Gasteiger partial charge in [0.15, 0.2) is 0 Å². The van der Waals surface area contributed by atoms with Gasteiger partial charge >= 0.3 is 0 Å². The van der Waals surface area contributed by atoms with Gasteiger partial charge in [0.05, 0.1) is 13.2 Å². The molecular weight excluding hydrogens is 310 g/mol. The molecule has 0 fully saturated rings. The van der Waals surface area contributed by atoms with Gasteiger partial charge in [0.1, 0.15) is 18.2 Å². The molecular formula is C18H33NO5. The second-order valence-electron chi connectivity index (χ2n) is 6.02. The molecule has 6 nitrogen and oxygen atoms in total. The molecule has 6 heteroatoms. The molecule has 1 N–H and O–H groups in total. The Bertz CT molecular complexity index is 370. The number of hydrogen-bond acceptors (Lipinski definition) is 5. The zero-order chi connectivity index (χ0) is 18.2. The Labute approximate surface area is 145 Å². The van der Waals surface area contributed by atoms with E-state index in [1.165, 1.54) is 0 Å². The first kappa shape index (κ1) is 22.7. The largest absolute Gasteiger partial charge is 0.382 e. The number of Topliss-reactive ketones (excluding diaryl/α,β-unsaturated/α-hetero) is 2. The smallest absolute Gasteiger partial charge is 0.245 e. The van der Waals surface area contributed by atoms with E-state index in [0.717, 1.165) is 25.7 Å². The topological polar surface area (TPSA) is 81.7 Å². The summed E-state index contributed by atoms with van der Waals surface area (Å²) in [4.78, 5) is 34.5. The van der Waals surface area contributed by atoms with Gasteiger partial charge < -0.3 is 19.6 Å². The van der Waals surface area contributed by atoms with Gasteiger partial charge in [-0.05, 0) is 32.6 Å². The van der Waals surface area contributed by atoms with E-state index in [-0.39, 0.29) is 30.0 Å². The average molecular weight is 343 g/mol. The van der Waals surface area contributed by atoms with Crippen LogP contribution in [-0.2, 0) is 23.9 Å². The number of amides is 1. The molecule has 0 heterocycles. The van der Waals surface area contributed by atoms with Crippen molar-refractivity contribution in [2.75, 3.05) is 33.5 Å². The predicted octanol–water partition coefficient (Wildman–Crippen LogP) is 2.29. The van der Waals surface area contributed by atoms with Gasteiger partial charge in [0.25, 0.3) is 0 Å². The van der Waals surface area contributed by atoms with E-state index in [0.29, 0.717) is 39.0 Å². The number of ketones is 2. The van der Waals surface area contributed by atoms with E-state index < -0.39 is 0 Å². The molecule has 0 aromatic carbocycles. The first-order valence-electron chi connectivity index (χ1n) is 8.86. The summed E-state index contributed by atoms with van der Waals surface area (Å²) in [5.41, 5.74) is 0. The molecule has 0 aromatic heterocycles. The van der Waals surface area contributed by atoms with Crippen LogP contribution in [0.2, 0.25) is 0 Å². The minimum Gasteiger partial charge on any atom is -0.382 e. The Morgan fingerprint density at radius 3 is 2.42 bits per heavy atom. The molecule has 1 amide bonds. The molecule has 0 radical (unpaired) electrons. The van der Waals surface area contributed by atoms with E-state index in [1.54, 1.807) is 14.0 Å². The van der Waals surface area contributed by atoms with Crippen molar-refractivity contribution in [2.45, 2.75) is 58.8 Å². The fourth-order valence-corrected chi connectivity index (χ4v) is 2.41. The minimum atomic E-state index is -0.126. The molecule has 0 aliphatic carbocycles. The normalized spacial score (nSPS) is 12.0. The predicted molar refractivity (Wildman–Crippen MR) is 92.9 cm³/mol. The zero-order valence-electron chi connectivity index (χ0n) is 15.4. The Morgan fingerprint density at radius 1 is 1.04 bits per heavy atom. The van der Waals surface area contributed by atoms with Crippen molar-refractivity contribution < 1.29 is 23.9 Å². The lowest BCUT2D eigenvalue weighted by molar-refractivity contribution is -0.126. The van der Waals surface area contributed by atoms with Crippen LogP contribution in [0, 0.1) is 5.92 Å². The van der Waals surface area contributed by atoms with Crippen LogP contribution in [0.1, 0.15) is 58.8 Å². The van der Waals surface area contributed by atoms with Crippen LogP contribution < -0.4 is 5.32 Å². The Hall–Kier alpha value is -1.27. The fourth-order valence-electron chi connectivity index (χ4n) is 2.41. The molecule has 1 atom stereocenters. The molecule has 0 unspecified atom stereocenters. The maximum absolute atomic E-state index is 12.1. The Balaban J connectivity index is 3.70. The third-order valence-corrected chi connectivity index (χ3v) is 3.87. The van der Waals surface area contributed by atoms with Gasteiger partial charge in [-0.3, -0.25) is 9.59 Å². The van der Waals surface area contributed by atoms with Crippen LogP contribution >= 0.6 is 0 Å². The summed E-state index contributed by atoms with van der Waals surface area (Å²) < 4.78 is 9.95. The number of ether oxygens (including phenoxy) is 2. The van der Waals surface area contributed by atoms with Crippen molar-refractivity contribution in [3.63, 3.8) is 0 Å². The molecule has 0 rings (SSSR count). The summed E-state index contributed by atoms with van der Waals surface area (Å²) in [5.74, 6) is 0.343. The average Bonchev–Trinajstić information content (AvgIpc) is 2.54. The molecule has 0 spiro atoms. The third kappa shape index (κ3) is 13.2. The number of carbonyl (C=O) groups excluding carboxylic acids is 3. The molecule has 24 heavy (non-hydrogen) atoms. The van der Waals surface area contributed by atoms with E-state index in [2.05, 4.69) is 5.32 Å². The van der Waals surface area contributed by atoms with Crippen LogP contribution in [-0.4, -0.2) is 50.9 Å². The van der Waals surface area contributed by atoms with E-state index in [9.17, 15) is 14.4 Å². The number of hydrogen-bond donors (Lipinski definition) is 1. The maximum Gasteiger partial charge on any atom is 0.245 e. The Morgan fingerprint density at radius 2 is 1.79 bits per heavy atom. The quantitative estimate of drug-likeness (QED) is 0.435. The highest BCUT2D eigenvalue weighted by Crippen LogP contribution is 2.16. The lowest BCUT2D eigenvalue weighted by Gasteiger charge is -2.13. The van der Waals surface area contributed by atoms with Gasteiger partial charge in [-0.2, -0.15) is 0 Å². The first-order chi connectivity index (χ1) is 11.5. The third-order valence-electron chi connectivity index (χ3n) is 3.87. The number of methoxy groups -OCH3 is 1. The summed E-state index contributed by atoms with van der Waals surface area (Å²) in [7, 11) is 1.58. The molecule has 140 valence electrons. The Kier molecular flexibility index (Phi) is 14.5. The zero-order valence-corrected chi connectivity index (χ0v) is 15.4. The fraction of sp³-hybridized carbons (Fsp3) is 0.833. The van der Waals surface area contributed by atoms with Crippen LogP contribution in [0.15, 0.2) is 0 Å². The van der Waals surface area contributed by atoms with Crippen LogP contribution in [0.5, 0.6) is 0 Å². The number of rotatable bonds is 16. The van der Waals surface area contributed by atoms with Gasteiger partial charge in [0, 0.05) is 32.4 Å². The summed E-state index contributed by atoms with van der Waals surface area (Å²) >= 11 is 0. The highest BCUT2D eigenvalue weighted by atomic mass is 16.5. The van der Waals surface area contributed by atoms with Crippen molar-refractivity contribution in [2.24, 2.45) is 5.92 Å². The van der Waals surface area contributed by atoms with E-state index in [4.69, 9.17) is 9.47 Å². The van der Waals surface area contributed by atoms with Gasteiger partial charge in [-0.15, -0.1) is 0 Å². The highest BCUT2D eigenvalue weighted by molar-refractivity contribution is 5.82. The van der Waals surface area contributed by atoms with Crippen LogP contribution in [0.25, 0.3) is 0 Å². The van der Waals surface area contributed by atoms with Crippen molar-refractivity contribution in [1.82, 2.24) is 5.32 Å². The van der Waals surface area contributed by atoms with Crippen molar-refractivity contribution in [1.29, 1.82) is 0 Å². The van der Waals surface area contributed by atoms with E-state index in [1.807, 2.05) is 6.92 Å². The number of unbranched alkanes of at least 4 members (excludes halogenated alkanes) is 1. The van der Waals surface area contributed by atoms with Crippen molar-refractivity contribution in [3.8, 4) is 0 Å². The molecule has 0 aliphatic rings. The lowest BCUT2D eigenvalue weighted by atomic mass is 9.91. The van der Waals surface area contributed by atoms with Gasteiger partial charge in [-0.25, -0.2) is 0 Å². The monoisotopic (exact) mass is 343 g/mol. The van der Waals surface area contributed by atoms with Crippen LogP contribution in [0.4, 0.5) is 0 Å². The standard InChI is InChI=1S/C18H33NO5/c1-4-16(17(21)10-7-8-15(2)20)9-5-6-11-19-18(22)14-24-13-12-23-3/h16H,4-14H2,1-3H3,(H,19,22)/t16-/m0/s1. The maximum atomic E-state index is 12.1. The van der Waals surface area contributed by atoms with Crippen molar-refractivity contribution in [3.05, 3.63) is 0 Å². The highest BCUT2D eigenvalue weighted by Gasteiger charge is 2.15. The molecule has 0 aliphatic heterocycles. The molecule has 0 saturated carbocycles. The number of carbonyl (C=O) groups is 3. The molecule has 0 saturated heterocycles. The van der Waals surface area contributed by atoms with Crippen molar-refractivity contribution >= 4 is 17.5 Å². The number of nitrogens with one attached hydrogen (secondary N) is 1. The lowest BCUT2D eigenvalue weighted by Crippen LogP contribution is -2.29. The summed E-state index contributed by atoms with van der Waals surface area (Å²) in [6.07, 6.45) is 5.06. The minimum absolute atomic E-state index is 0.0512.